The zero-order valence-electron chi connectivity index (χ0n) is 20.4. The Morgan fingerprint density at radius 2 is 2.00 bits per heavy atom. The summed E-state index contributed by atoms with van der Waals surface area (Å²) in [5.41, 5.74) is 5.95. The molecule has 0 amide bonds. The van der Waals surface area contributed by atoms with Crippen molar-refractivity contribution in [3.8, 4) is 5.88 Å². The van der Waals surface area contributed by atoms with Crippen LogP contribution < -0.4 is 15.1 Å². The number of nitrogens with one attached hydrogen (secondary N) is 1. The number of anilines is 1. The highest BCUT2D eigenvalue weighted by Gasteiger charge is 2.10. The van der Waals surface area contributed by atoms with Crippen molar-refractivity contribution in [2.45, 2.75) is 53.4 Å². The van der Waals surface area contributed by atoms with Gasteiger partial charge in [0.2, 0.25) is 5.88 Å². The number of allylic oxidation sites excluding steroid dienone is 2. The number of pyridine rings is 2. The SMILES string of the molecule is C=C(CC)S/C(=C\C)N/N=C/c1cc(N(CCC)CCC)cc(OCCc2ccccn2)n1. The first-order chi connectivity index (χ1) is 16.1. The van der Waals surface area contributed by atoms with E-state index < -0.39 is 0 Å². The van der Waals surface area contributed by atoms with Gasteiger partial charge in [-0.05, 0) is 49.3 Å². The number of hydrogen-bond donors (Lipinski definition) is 1. The van der Waals surface area contributed by atoms with E-state index in [0.717, 1.165) is 65.8 Å². The third-order valence-corrected chi connectivity index (χ3v) is 5.90. The monoisotopic (exact) mass is 467 g/mol. The second kappa shape index (κ2) is 15.1. The molecule has 0 bridgehead atoms. The van der Waals surface area contributed by atoms with E-state index in [9.17, 15) is 0 Å². The normalized spacial score (nSPS) is 11.6. The molecule has 0 fully saturated rings. The number of thioether (sulfide) groups is 1. The van der Waals surface area contributed by atoms with Crippen LogP contribution in [-0.4, -0.2) is 35.9 Å². The summed E-state index contributed by atoms with van der Waals surface area (Å²) in [5.74, 6) is 0.599. The summed E-state index contributed by atoms with van der Waals surface area (Å²) in [6.45, 7) is 15.0. The Morgan fingerprint density at radius 1 is 1.21 bits per heavy atom. The van der Waals surface area contributed by atoms with Gasteiger partial charge >= 0.3 is 0 Å². The Balaban J connectivity index is 2.17. The van der Waals surface area contributed by atoms with Gasteiger partial charge in [-0.1, -0.05) is 51.3 Å². The van der Waals surface area contributed by atoms with Crippen LogP contribution in [0.2, 0.25) is 0 Å². The quantitative estimate of drug-likeness (QED) is 0.250. The van der Waals surface area contributed by atoms with Crippen LogP contribution in [0.5, 0.6) is 5.88 Å². The van der Waals surface area contributed by atoms with E-state index in [1.807, 2.05) is 37.3 Å². The molecule has 0 aliphatic rings. The molecule has 0 spiro atoms. The minimum Gasteiger partial charge on any atom is -0.477 e. The molecular weight excluding hydrogens is 430 g/mol. The standard InChI is InChI=1S/C26H37N5OS/c1-6-15-31(16-7-2)24-18-23(20-28-30-26(9-4)33-21(5)8-3)29-25(19-24)32-17-13-22-12-10-11-14-27-22/h9-12,14,18-20,30H,5-8,13,15-17H2,1-4H3/b26-9-,28-20+. The molecule has 2 aromatic heterocycles. The van der Waals surface area contributed by atoms with Crippen molar-refractivity contribution in [3.63, 3.8) is 0 Å². The fourth-order valence-electron chi connectivity index (χ4n) is 3.09. The highest BCUT2D eigenvalue weighted by atomic mass is 32.2. The van der Waals surface area contributed by atoms with Crippen LogP contribution in [0.3, 0.4) is 0 Å². The second-order valence-electron chi connectivity index (χ2n) is 7.51. The van der Waals surface area contributed by atoms with Crippen LogP contribution in [0, 0.1) is 0 Å². The van der Waals surface area contributed by atoms with Crippen LogP contribution in [-0.2, 0) is 6.42 Å². The van der Waals surface area contributed by atoms with Crippen LogP contribution in [0.15, 0.2) is 64.2 Å². The van der Waals surface area contributed by atoms with Gasteiger partial charge in [0.25, 0.3) is 0 Å². The van der Waals surface area contributed by atoms with E-state index in [2.05, 4.69) is 58.8 Å². The zero-order chi connectivity index (χ0) is 23.9. The van der Waals surface area contributed by atoms with Gasteiger partial charge in [-0.3, -0.25) is 10.4 Å². The smallest absolute Gasteiger partial charge is 0.215 e. The van der Waals surface area contributed by atoms with Gasteiger partial charge in [0, 0.05) is 43.2 Å². The fourth-order valence-corrected chi connectivity index (χ4v) is 3.76. The summed E-state index contributed by atoms with van der Waals surface area (Å²) in [6.07, 6.45) is 9.33. The summed E-state index contributed by atoms with van der Waals surface area (Å²) < 4.78 is 6.03. The van der Waals surface area contributed by atoms with E-state index in [1.54, 1.807) is 24.2 Å². The molecule has 0 unspecified atom stereocenters. The van der Waals surface area contributed by atoms with Crippen LogP contribution in [0.1, 0.15) is 58.3 Å². The fraction of sp³-hybridized carbons (Fsp3) is 0.423. The van der Waals surface area contributed by atoms with Crippen LogP contribution >= 0.6 is 11.8 Å². The molecule has 7 heteroatoms. The Kier molecular flexibility index (Phi) is 12.1. The molecule has 2 rings (SSSR count). The third kappa shape index (κ3) is 9.70. The predicted octanol–water partition coefficient (Wildman–Crippen LogP) is 6.17. The maximum Gasteiger partial charge on any atom is 0.215 e. The molecule has 0 aliphatic carbocycles. The minimum absolute atomic E-state index is 0.516. The van der Waals surface area contributed by atoms with Crippen molar-refractivity contribution < 1.29 is 4.74 Å². The molecule has 6 nitrogen and oxygen atoms in total. The first kappa shape index (κ1) is 26.5. The third-order valence-electron chi connectivity index (χ3n) is 4.78. The van der Waals surface area contributed by atoms with Crippen molar-refractivity contribution in [1.29, 1.82) is 0 Å². The largest absolute Gasteiger partial charge is 0.477 e. The molecule has 0 radical (unpaired) electrons. The Labute approximate surface area is 203 Å². The van der Waals surface area contributed by atoms with Gasteiger partial charge < -0.3 is 9.64 Å². The summed E-state index contributed by atoms with van der Waals surface area (Å²) in [7, 11) is 0. The predicted molar refractivity (Wildman–Crippen MR) is 142 cm³/mol. The molecule has 0 aliphatic heterocycles. The van der Waals surface area contributed by atoms with Gasteiger partial charge in [-0.25, -0.2) is 4.98 Å². The van der Waals surface area contributed by atoms with E-state index >= 15 is 0 Å². The molecule has 0 saturated heterocycles. The van der Waals surface area contributed by atoms with Crippen LogP contribution in [0.25, 0.3) is 0 Å². The molecule has 2 heterocycles. The van der Waals surface area contributed by atoms with Crippen molar-refractivity contribution in [1.82, 2.24) is 15.4 Å². The Bertz CT molecular complexity index is 908. The lowest BCUT2D eigenvalue weighted by atomic mass is 10.2. The highest BCUT2D eigenvalue weighted by Crippen LogP contribution is 2.24. The molecule has 0 aromatic carbocycles. The lowest BCUT2D eigenvalue weighted by Gasteiger charge is -2.24. The number of nitrogens with zero attached hydrogens (tertiary/aromatic N) is 4. The van der Waals surface area contributed by atoms with Crippen molar-refractivity contribution >= 4 is 23.7 Å². The van der Waals surface area contributed by atoms with E-state index in [-0.39, 0.29) is 0 Å². The Hall–Kier alpha value is -2.80. The average molecular weight is 468 g/mol. The summed E-state index contributed by atoms with van der Waals surface area (Å²) in [4.78, 5) is 12.5. The molecule has 2 aromatic rings. The van der Waals surface area contributed by atoms with E-state index in [1.165, 1.54) is 0 Å². The number of hydrogen-bond acceptors (Lipinski definition) is 7. The van der Waals surface area contributed by atoms with Gasteiger partial charge in [-0.15, -0.1) is 0 Å². The van der Waals surface area contributed by atoms with Crippen molar-refractivity contribution in [3.05, 3.63) is 70.5 Å². The maximum absolute atomic E-state index is 6.03. The molecular formula is C26H37N5OS. The number of hydrazone groups is 1. The van der Waals surface area contributed by atoms with Gasteiger partial charge in [-0.2, -0.15) is 5.10 Å². The lowest BCUT2D eigenvalue weighted by molar-refractivity contribution is 0.308. The maximum atomic E-state index is 6.03. The second-order valence-corrected chi connectivity index (χ2v) is 8.73. The Morgan fingerprint density at radius 3 is 2.64 bits per heavy atom. The van der Waals surface area contributed by atoms with Crippen molar-refractivity contribution in [2.24, 2.45) is 5.10 Å². The minimum atomic E-state index is 0.516. The van der Waals surface area contributed by atoms with Crippen LogP contribution in [0.4, 0.5) is 5.69 Å². The number of rotatable bonds is 15. The van der Waals surface area contributed by atoms with E-state index in [4.69, 9.17) is 4.74 Å². The van der Waals surface area contributed by atoms with Gasteiger partial charge in [0.05, 0.1) is 23.5 Å². The first-order valence-electron chi connectivity index (χ1n) is 11.7. The zero-order valence-corrected chi connectivity index (χ0v) is 21.2. The summed E-state index contributed by atoms with van der Waals surface area (Å²) in [6, 6.07) is 10.00. The van der Waals surface area contributed by atoms with Crippen molar-refractivity contribution in [2.75, 3.05) is 24.6 Å². The topological polar surface area (TPSA) is 62.6 Å². The molecule has 178 valence electrons. The van der Waals surface area contributed by atoms with Gasteiger partial charge in [0.15, 0.2) is 0 Å². The summed E-state index contributed by atoms with van der Waals surface area (Å²) in [5, 5.41) is 5.35. The molecule has 0 saturated carbocycles. The van der Waals surface area contributed by atoms with Gasteiger partial charge in [0.1, 0.15) is 0 Å². The average Bonchev–Trinajstić information content (AvgIpc) is 2.83. The van der Waals surface area contributed by atoms with E-state index in [0.29, 0.717) is 12.5 Å². The molecule has 0 atom stereocenters. The number of ether oxygens (including phenoxy) is 1. The molecule has 1 N–H and O–H groups in total. The number of aromatic nitrogens is 2. The lowest BCUT2D eigenvalue weighted by Crippen LogP contribution is -2.25. The molecule has 33 heavy (non-hydrogen) atoms. The summed E-state index contributed by atoms with van der Waals surface area (Å²) >= 11 is 1.60. The highest BCUT2D eigenvalue weighted by molar-refractivity contribution is 8.06. The first-order valence-corrected chi connectivity index (χ1v) is 12.5.